The Morgan fingerprint density at radius 3 is 2.84 bits per heavy atom. The molecule has 1 fully saturated rings. The van der Waals surface area contributed by atoms with Crippen LogP contribution in [0.25, 0.3) is 0 Å². The van der Waals surface area contributed by atoms with Crippen LogP contribution in [0.5, 0.6) is 6.01 Å². The van der Waals surface area contributed by atoms with E-state index in [1.165, 1.54) is 7.11 Å². The van der Waals surface area contributed by atoms with E-state index in [2.05, 4.69) is 14.9 Å². The van der Waals surface area contributed by atoms with Crippen molar-refractivity contribution in [2.45, 2.75) is 19.1 Å². The molecule has 0 saturated carbocycles. The summed E-state index contributed by atoms with van der Waals surface area (Å²) in [5, 5.41) is 0. The number of amides is 1. The number of hydrogen-bond donors (Lipinski definition) is 1. The summed E-state index contributed by atoms with van der Waals surface area (Å²) in [5.41, 5.74) is 5.39. The van der Waals surface area contributed by atoms with Crippen LogP contribution in [-0.4, -0.2) is 53.2 Å². The van der Waals surface area contributed by atoms with E-state index < -0.39 is 11.5 Å². The van der Waals surface area contributed by atoms with Crippen molar-refractivity contribution in [2.75, 3.05) is 26.8 Å². The fourth-order valence-corrected chi connectivity index (χ4v) is 2.02. The molecule has 19 heavy (non-hydrogen) atoms. The van der Waals surface area contributed by atoms with Gasteiger partial charge in [-0.2, -0.15) is 0 Å². The molecule has 2 heterocycles. The Hall–Kier alpha value is -1.73. The number of carbonyl (C=O) groups is 1. The molecule has 1 aromatic heterocycles. The Morgan fingerprint density at radius 2 is 2.26 bits per heavy atom. The molecule has 1 amide bonds. The number of ether oxygens (including phenoxy) is 2. The van der Waals surface area contributed by atoms with Gasteiger partial charge in [0, 0.05) is 37.6 Å². The molecule has 0 aliphatic carbocycles. The van der Waals surface area contributed by atoms with Crippen LogP contribution in [-0.2, 0) is 16.1 Å². The third-order valence-electron chi connectivity index (χ3n) is 3.15. The van der Waals surface area contributed by atoms with E-state index >= 15 is 0 Å². The number of nitrogens with zero attached hydrogens (tertiary/aromatic N) is 3. The maximum absolute atomic E-state index is 11.4. The highest BCUT2D eigenvalue weighted by Gasteiger charge is 2.37. The van der Waals surface area contributed by atoms with E-state index in [0.717, 1.165) is 12.1 Å². The summed E-state index contributed by atoms with van der Waals surface area (Å²) in [6.45, 7) is 4.06. The summed E-state index contributed by atoms with van der Waals surface area (Å²) in [6, 6.07) is 0.340. The smallest absolute Gasteiger partial charge is 0.316 e. The first-order chi connectivity index (χ1) is 9.03. The molecule has 7 heteroatoms. The molecule has 0 radical (unpaired) electrons. The maximum atomic E-state index is 11.4. The first-order valence-electron chi connectivity index (χ1n) is 6.04. The predicted molar refractivity (Wildman–Crippen MR) is 67.4 cm³/mol. The molecule has 2 rings (SSSR count). The molecular formula is C12H18N4O3. The molecule has 104 valence electrons. The van der Waals surface area contributed by atoms with Gasteiger partial charge in [-0.3, -0.25) is 9.69 Å². The van der Waals surface area contributed by atoms with Gasteiger partial charge < -0.3 is 15.2 Å². The predicted octanol–water partition coefficient (Wildman–Crippen LogP) is -0.439. The Bertz CT molecular complexity index is 451. The summed E-state index contributed by atoms with van der Waals surface area (Å²) in [7, 11) is 1.52. The minimum atomic E-state index is -0.925. The van der Waals surface area contributed by atoms with Gasteiger partial charge in [0.25, 0.3) is 5.91 Å². The van der Waals surface area contributed by atoms with Crippen LogP contribution in [0.15, 0.2) is 12.4 Å². The second kappa shape index (κ2) is 5.50. The molecule has 1 saturated heterocycles. The van der Waals surface area contributed by atoms with E-state index in [9.17, 15) is 4.79 Å². The highest BCUT2D eigenvalue weighted by Crippen LogP contribution is 2.18. The van der Waals surface area contributed by atoms with Crippen molar-refractivity contribution in [2.24, 2.45) is 5.73 Å². The number of primary amides is 1. The monoisotopic (exact) mass is 266 g/mol. The molecule has 0 spiro atoms. The molecule has 1 atom stereocenters. The van der Waals surface area contributed by atoms with Crippen LogP contribution in [0.4, 0.5) is 0 Å². The van der Waals surface area contributed by atoms with Crippen molar-refractivity contribution >= 4 is 5.91 Å². The van der Waals surface area contributed by atoms with E-state index in [4.69, 9.17) is 15.2 Å². The van der Waals surface area contributed by atoms with Crippen LogP contribution in [0.2, 0.25) is 0 Å². The number of methoxy groups -OCH3 is 1. The number of carbonyl (C=O) groups excluding carboxylic acids is 1. The van der Waals surface area contributed by atoms with Crippen LogP contribution in [0.1, 0.15) is 12.5 Å². The molecule has 1 aliphatic rings. The van der Waals surface area contributed by atoms with Gasteiger partial charge in [0.2, 0.25) is 0 Å². The van der Waals surface area contributed by atoms with Crippen LogP contribution in [0, 0.1) is 0 Å². The van der Waals surface area contributed by atoms with Crippen LogP contribution in [0.3, 0.4) is 0 Å². The molecule has 0 aromatic carbocycles. The highest BCUT2D eigenvalue weighted by atomic mass is 16.5. The third kappa shape index (κ3) is 3.18. The molecule has 7 nitrogen and oxygen atoms in total. The average molecular weight is 266 g/mol. The summed E-state index contributed by atoms with van der Waals surface area (Å²) >= 11 is 0. The minimum absolute atomic E-state index is 0.340. The Labute approximate surface area is 111 Å². The number of aromatic nitrogens is 2. The Morgan fingerprint density at radius 1 is 1.58 bits per heavy atom. The van der Waals surface area contributed by atoms with Crippen molar-refractivity contribution in [3.05, 3.63) is 18.0 Å². The number of morpholine rings is 1. The fraction of sp³-hybridized carbons (Fsp3) is 0.583. The lowest BCUT2D eigenvalue weighted by Crippen LogP contribution is -2.56. The van der Waals surface area contributed by atoms with Crippen molar-refractivity contribution in [3.8, 4) is 6.01 Å². The van der Waals surface area contributed by atoms with Crippen molar-refractivity contribution in [3.63, 3.8) is 0 Å². The van der Waals surface area contributed by atoms with E-state index in [0.29, 0.717) is 25.7 Å². The molecule has 0 unspecified atom stereocenters. The lowest BCUT2D eigenvalue weighted by Gasteiger charge is -2.38. The van der Waals surface area contributed by atoms with Crippen molar-refractivity contribution in [1.29, 1.82) is 0 Å². The van der Waals surface area contributed by atoms with Gasteiger partial charge in [-0.05, 0) is 6.92 Å². The Kier molecular flexibility index (Phi) is 3.96. The lowest BCUT2D eigenvalue weighted by atomic mass is 10.0. The first-order valence-corrected chi connectivity index (χ1v) is 6.04. The first kappa shape index (κ1) is 13.7. The van der Waals surface area contributed by atoms with Gasteiger partial charge >= 0.3 is 6.01 Å². The van der Waals surface area contributed by atoms with Gasteiger partial charge in [-0.1, -0.05) is 0 Å². The quantitative estimate of drug-likeness (QED) is 0.794. The van der Waals surface area contributed by atoms with Gasteiger partial charge in [0.05, 0.1) is 13.7 Å². The molecule has 0 bridgehead atoms. The highest BCUT2D eigenvalue weighted by molar-refractivity contribution is 5.83. The van der Waals surface area contributed by atoms with E-state index in [1.807, 2.05) is 0 Å². The summed E-state index contributed by atoms with van der Waals surface area (Å²) in [5.74, 6) is -0.441. The SMILES string of the molecule is COc1ncc(CN2CCO[C@](C)(C(N)=O)C2)cn1. The largest absolute Gasteiger partial charge is 0.467 e. The zero-order chi connectivity index (χ0) is 13.9. The number of rotatable bonds is 4. The summed E-state index contributed by atoms with van der Waals surface area (Å²) in [4.78, 5) is 21.6. The minimum Gasteiger partial charge on any atom is -0.467 e. The zero-order valence-corrected chi connectivity index (χ0v) is 11.1. The summed E-state index contributed by atoms with van der Waals surface area (Å²) < 4.78 is 10.4. The van der Waals surface area contributed by atoms with Gasteiger partial charge in [-0.25, -0.2) is 9.97 Å². The standard InChI is InChI=1S/C12H18N4O3/c1-12(10(13)17)8-16(3-4-19-12)7-9-5-14-11(18-2)15-6-9/h5-6H,3-4,7-8H2,1-2H3,(H2,13,17)/t12-/m0/s1. The zero-order valence-electron chi connectivity index (χ0n) is 11.1. The summed E-state index contributed by atoms with van der Waals surface area (Å²) in [6.07, 6.45) is 3.42. The van der Waals surface area contributed by atoms with Gasteiger partial charge in [-0.15, -0.1) is 0 Å². The lowest BCUT2D eigenvalue weighted by molar-refractivity contribution is -0.153. The number of nitrogens with two attached hydrogens (primary N) is 1. The second-order valence-electron chi connectivity index (χ2n) is 4.73. The van der Waals surface area contributed by atoms with E-state index in [1.54, 1.807) is 19.3 Å². The Balaban J connectivity index is 2.00. The van der Waals surface area contributed by atoms with Gasteiger partial charge in [0.15, 0.2) is 5.60 Å². The molecule has 1 aromatic rings. The van der Waals surface area contributed by atoms with Crippen molar-refractivity contribution < 1.29 is 14.3 Å². The maximum Gasteiger partial charge on any atom is 0.316 e. The fourth-order valence-electron chi connectivity index (χ4n) is 2.02. The van der Waals surface area contributed by atoms with Crippen LogP contribution < -0.4 is 10.5 Å². The average Bonchev–Trinajstić information content (AvgIpc) is 2.39. The number of hydrogen-bond acceptors (Lipinski definition) is 6. The second-order valence-corrected chi connectivity index (χ2v) is 4.73. The topological polar surface area (TPSA) is 90.6 Å². The molecule has 2 N–H and O–H groups in total. The normalized spacial score (nSPS) is 24.1. The van der Waals surface area contributed by atoms with E-state index in [-0.39, 0.29) is 0 Å². The van der Waals surface area contributed by atoms with Crippen LogP contribution >= 0.6 is 0 Å². The molecule has 1 aliphatic heterocycles. The van der Waals surface area contributed by atoms with Crippen molar-refractivity contribution in [1.82, 2.24) is 14.9 Å². The molecular weight excluding hydrogens is 248 g/mol. The third-order valence-corrected chi connectivity index (χ3v) is 3.15. The van der Waals surface area contributed by atoms with Gasteiger partial charge in [0.1, 0.15) is 0 Å².